The van der Waals surface area contributed by atoms with E-state index in [4.69, 9.17) is 0 Å². The molecule has 0 bridgehead atoms. The number of ketones is 2. The van der Waals surface area contributed by atoms with Gasteiger partial charge in [0.25, 0.3) is 0 Å². The summed E-state index contributed by atoms with van der Waals surface area (Å²) in [4.78, 5) is 23.2. The molecule has 78 valence electrons. The molecular formula is C14H10O2. The summed E-state index contributed by atoms with van der Waals surface area (Å²) in [7, 11) is 0. The molecular weight excluding hydrogens is 200 g/mol. The molecule has 2 heteroatoms. The lowest BCUT2D eigenvalue weighted by atomic mass is 10.0. The largest absolute Gasteiger partial charge is 0.293 e. The average molecular weight is 210 g/mol. The molecule has 0 heterocycles. The monoisotopic (exact) mass is 210 g/mol. The SMILES string of the molecule is O=C(CCC(=O)C1=C=CC=C1)C1=C=CC=C1. The number of rotatable bonds is 5. The summed E-state index contributed by atoms with van der Waals surface area (Å²) in [5.41, 5.74) is 6.76. The molecule has 0 fully saturated rings. The molecule has 2 aliphatic rings. The molecule has 0 aromatic heterocycles. The summed E-state index contributed by atoms with van der Waals surface area (Å²) in [6.07, 6.45) is 10.8. The van der Waals surface area contributed by atoms with Crippen molar-refractivity contribution >= 4 is 11.6 Å². The van der Waals surface area contributed by atoms with E-state index in [9.17, 15) is 9.59 Å². The first-order chi connectivity index (χ1) is 7.77. The minimum Gasteiger partial charge on any atom is -0.293 e. The Morgan fingerprint density at radius 1 is 0.875 bits per heavy atom. The predicted octanol–water partition coefficient (Wildman–Crippen LogP) is 2.21. The Balaban J connectivity index is 1.88. The van der Waals surface area contributed by atoms with Gasteiger partial charge in [0.2, 0.25) is 0 Å². The zero-order valence-electron chi connectivity index (χ0n) is 8.69. The topological polar surface area (TPSA) is 34.1 Å². The first-order valence-corrected chi connectivity index (χ1v) is 5.10. The molecule has 0 spiro atoms. The Hall–Kier alpha value is -2.14. The Kier molecular flexibility index (Phi) is 2.98. The Labute approximate surface area is 93.7 Å². The highest BCUT2D eigenvalue weighted by atomic mass is 16.1. The normalized spacial score (nSPS) is 15.5. The van der Waals surface area contributed by atoms with E-state index in [-0.39, 0.29) is 24.4 Å². The van der Waals surface area contributed by atoms with Crippen LogP contribution in [0.5, 0.6) is 0 Å². The second-order valence-electron chi connectivity index (χ2n) is 3.51. The molecule has 0 saturated heterocycles. The van der Waals surface area contributed by atoms with Gasteiger partial charge in [-0.25, -0.2) is 0 Å². The van der Waals surface area contributed by atoms with Crippen LogP contribution in [0, 0.1) is 0 Å². The van der Waals surface area contributed by atoms with Crippen LogP contribution < -0.4 is 0 Å². The van der Waals surface area contributed by atoms with E-state index in [0.29, 0.717) is 11.1 Å². The maximum absolute atomic E-state index is 11.6. The molecule has 16 heavy (non-hydrogen) atoms. The molecule has 0 amide bonds. The summed E-state index contributed by atoms with van der Waals surface area (Å²) in [5.74, 6) is -0.0742. The molecule has 2 nitrogen and oxygen atoms in total. The third kappa shape index (κ3) is 2.26. The van der Waals surface area contributed by atoms with Crippen molar-refractivity contribution in [3.8, 4) is 0 Å². The van der Waals surface area contributed by atoms with E-state index in [1.54, 1.807) is 36.5 Å². The van der Waals surface area contributed by atoms with Crippen LogP contribution in [-0.4, -0.2) is 11.6 Å². The predicted molar refractivity (Wildman–Crippen MR) is 60.7 cm³/mol. The molecule has 0 N–H and O–H groups in total. The zero-order chi connectivity index (χ0) is 11.4. The van der Waals surface area contributed by atoms with Crippen LogP contribution in [-0.2, 0) is 9.59 Å². The molecule has 0 saturated carbocycles. The summed E-state index contributed by atoms with van der Waals surface area (Å²) in [6.45, 7) is 0. The van der Waals surface area contributed by atoms with Gasteiger partial charge in [0.05, 0.1) is 11.1 Å². The standard InChI is InChI=1S/C14H10O2/c15-13(11-5-1-2-6-11)9-10-14(16)12-7-3-4-8-12/h1-5,7H,9-10H2. The minimum absolute atomic E-state index is 0.0371. The highest BCUT2D eigenvalue weighted by molar-refractivity contribution is 6.04. The second kappa shape index (κ2) is 4.59. The highest BCUT2D eigenvalue weighted by Gasteiger charge is 2.13. The van der Waals surface area contributed by atoms with Crippen LogP contribution in [0.2, 0.25) is 0 Å². The van der Waals surface area contributed by atoms with Crippen molar-refractivity contribution in [1.82, 2.24) is 0 Å². The minimum atomic E-state index is -0.0371. The molecule has 2 rings (SSSR count). The van der Waals surface area contributed by atoms with Gasteiger partial charge in [-0.15, -0.1) is 11.5 Å². The molecule has 0 unspecified atom stereocenters. The van der Waals surface area contributed by atoms with Crippen molar-refractivity contribution in [1.29, 1.82) is 0 Å². The van der Waals surface area contributed by atoms with Crippen LogP contribution in [0.25, 0.3) is 0 Å². The Morgan fingerprint density at radius 3 is 1.62 bits per heavy atom. The third-order valence-electron chi connectivity index (χ3n) is 2.38. The van der Waals surface area contributed by atoms with Crippen molar-refractivity contribution in [2.75, 3.05) is 0 Å². The molecule has 0 aromatic rings. The summed E-state index contributed by atoms with van der Waals surface area (Å²) in [6, 6.07) is 0. The number of hydrogen-bond donors (Lipinski definition) is 0. The molecule has 0 atom stereocenters. The molecule has 0 aliphatic heterocycles. The molecule has 2 aliphatic carbocycles. The lowest BCUT2D eigenvalue weighted by Crippen LogP contribution is -2.05. The summed E-state index contributed by atoms with van der Waals surface area (Å²) < 4.78 is 0. The van der Waals surface area contributed by atoms with Crippen LogP contribution in [0.1, 0.15) is 12.8 Å². The fourth-order valence-electron chi connectivity index (χ4n) is 1.50. The number of carbonyl (C=O) groups excluding carboxylic acids is 2. The first-order valence-electron chi connectivity index (χ1n) is 5.10. The van der Waals surface area contributed by atoms with E-state index in [0.717, 1.165) is 0 Å². The number of hydrogen-bond acceptors (Lipinski definition) is 2. The third-order valence-corrected chi connectivity index (χ3v) is 2.38. The van der Waals surface area contributed by atoms with Crippen LogP contribution in [0.15, 0.2) is 59.1 Å². The van der Waals surface area contributed by atoms with Crippen molar-refractivity contribution in [2.45, 2.75) is 12.8 Å². The average Bonchev–Trinajstić information content (AvgIpc) is 2.95. The molecule has 0 radical (unpaired) electrons. The lowest BCUT2D eigenvalue weighted by molar-refractivity contribution is -0.120. The fourth-order valence-corrected chi connectivity index (χ4v) is 1.50. The zero-order valence-corrected chi connectivity index (χ0v) is 8.69. The van der Waals surface area contributed by atoms with Crippen LogP contribution >= 0.6 is 0 Å². The lowest BCUT2D eigenvalue weighted by Gasteiger charge is -1.98. The smallest absolute Gasteiger partial charge is 0.171 e. The van der Waals surface area contributed by atoms with E-state index >= 15 is 0 Å². The summed E-state index contributed by atoms with van der Waals surface area (Å²) >= 11 is 0. The maximum atomic E-state index is 11.6. The van der Waals surface area contributed by atoms with Gasteiger partial charge in [0.15, 0.2) is 11.6 Å². The van der Waals surface area contributed by atoms with Crippen molar-refractivity contribution in [3.63, 3.8) is 0 Å². The van der Waals surface area contributed by atoms with Gasteiger partial charge < -0.3 is 0 Å². The van der Waals surface area contributed by atoms with Gasteiger partial charge in [-0.3, -0.25) is 9.59 Å². The second-order valence-corrected chi connectivity index (χ2v) is 3.51. The van der Waals surface area contributed by atoms with Gasteiger partial charge in [-0.2, -0.15) is 0 Å². The van der Waals surface area contributed by atoms with Crippen LogP contribution in [0.4, 0.5) is 0 Å². The van der Waals surface area contributed by atoms with E-state index < -0.39 is 0 Å². The Morgan fingerprint density at radius 2 is 1.31 bits per heavy atom. The number of allylic oxidation sites excluding steroid dienone is 6. The summed E-state index contributed by atoms with van der Waals surface area (Å²) in [5, 5.41) is 0. The Bertz CT molecular complexity index is 479. The van der Waals surface area contributed by atoms with Crippen LogP contribution in [0.3, 0.4) is 0 Å². The molecule has 0 aromatic carbocycles. The number of Topliss-reactive ketones (excluding diaryl/α,β-unsaturated/α-hetero) is 2. The van der Waals surface area contributed by atoms with Crippen molar-refractivity contribution in [3.05, 3.63) is 59.1 Å². The van der Waals surface area contributed by atoms with E-state index in [1.807, 2.05) is 0 Å². The van der Waals surface area contributed by atoms with Crippen molar-refractivity contribution < 1.29 is 9.59 Å². The quantitative estimate of drug-likeness (QED) is 0.652. The van der Waals surface area contributed by atoms with Gasteiger partial charge in [0.1, 0.15) is 0 Å². The van der Waals surface area contributed by atoms with Crippen molar-refractivity contribution in [2.24, 2.45) is 0 Å². The maximum Gasteiger partial charge on any atom is 0.171 e. The van der Waals surface area contributed by atoms with Gasteiger partial charge in [-0.1, -0.05) is 12.2 Å². The van der Waals surface area contributed by atoms with Gasteiger partial charge in [0, 0.05) is 12.8 Å². The van der Waals surface area contributed by atoms with E-state index in [1.165, 1.54) is 0 Å². The van der Waals surface area contributed by atoms with Gasteiger partial charge >= 0.3 is 0 Å². The van der Waals surface area contributed by atoms with E-state index in [2.05, 4.69) is 11.5 Å². The van der Waals surface area contributed by atoms with Gasteiger partial charge in [-0.05, 0) is 24.3 Å². The number of carbonyl (C=O) groups is 2. The fraction of sp³-hybridized carbons (Fsp3) is 0.143. The highest BCUT2D eigenvalue weighted by Crippen LogP contribution is 2.11. The first kappa shape index (κ1) is 10.4.